The van der Waals surface area contributed by atoms with Crippen LogP contribution in [0.15, 0.2) is 47.1 Å². The Kier molecular flexibility index (Phi) is 6.85. The van der Waals surface area contributed by atoms with Crippen LogP contribution in [0.1, 0.15) is 43.2 Å². The van der Waals surface area contributed by atoms with Gasteiger partial charge in [0.1, 0.15) is 5.69 Å². The van der Waals surface area contributed by atoms with E-state index in [4.69, 9.17) is 27.7 Å². The van der Waals surface area contributed by atoms with Crippen molar-refractivity contribution in [3.63, 3.8) is 0 Å². The Bertz CT molecular complexity index is 1040. The van der Waals surface area contributed by atoms with Gasteiger partial charge in [-0.05, 0) is 62.7 Å². The zero-order valence-corrected chi connectivity index (χ0v) is 18.6. The summed E-state index contributed by atoms with van der Waals surface area (Å²) in [5.41, 5.74) is 1.54. The molecule has 1 aliphatic heterocycles. The van der Waals surface area contributed by atoms with Crippen LogP contribution >= 0.6 is 23.2 Å². The lowest BCUT2D eigenvalue weighted by Gasteiger charge is -2.30. The number of benzene rings is 1. The van der Waals surface area contributed by atoms with E-state index in [0.717, 1.165) is 31.5 Å². The van der Waals surface area contributed by atoms with Crippen molar-refractivity contribution in [3.8, 4) is 11.5 Å². The van der Waals surface area contributed by atoms with Gasteiger partial charge in [0.2, 0.25) is 17.6 Å². The molecule has 0 spiro atoms. The number of carbonyl (C=O) groups is 1. The number of piperidine rings is 1. The maximum absolute atomic E-state index is 12.5. The van der Waals surface area contributed by atoms with Gasteiger partial charge in [0.25, 0.3) is 0 Å². The van der Waals surface area contributed by atoms with Crippen molar-refractivity contribution in [2.75, 3.05) is 19.6 Å². The summed E-state index contributed by atoms with van der Waals surface area (Å²) >= 11 is 12.2. The monoisotopic (exact) mass is 459 g/mol. The van der Waals surface area contributed by atoms with Crippen LogP contribution in [0.5, 0.6) is 0 Å². The smallest absolute Gasteiger partial charge is 0.234 e. The Labute approximate surface area is 190 Å². The van der Waals surface area contributed by atoms with Gasteiger partial charge in [-0.15, -0.1) is 0 Å². The van der Waals surface area contributed by atoms with E-state index in [9.17, 15) is 4.79 Å². The second-order valence-corrected chi connectivity index (χ2v) is 8.52. The molecule has 1 saturated heterocycles. The maximum Gasteiger partial charge on any atom is 0.234 e. The van der Waals surface area contributed by atoms with Crippen molar-refractivity contribution < 1.29 is 9.32 Å². The lowest BCUT2D eigenvalue weighted by atomic mass is 9.97. The third-order valence-electron chi connectivity index (χ3n) is 5.45. The summed E-state index contributed by atoms with van der Waals surface area (Å²) in [4.78, 5) is 23.4. The predicted octanol–water partition coefficient (Wildman–Crippen LogP) is 4.50. The molecule has 1 fully saturated rings. The van der Waals surface area contributed by atoms with E-state index in [-0.39, 0.29) is 17.9 Å². The van der Waals surface area contributed by atoms with Crippen molar-refractivity contribution in [2.24, 2.45) is 0 Å². The van der Waals surface area contributed by atoms with Crippen molar-refractivity contribution in [1.29, 1.82) is 0 Å². The summed E-state index contributed by atoms with van der Waals surface area (Å²) in [6.07, 6.45) is 3.42. The highest BCUT2D eigenvalue weighted by atomic mass is 35.5. The van der Waals surface area contributed by atoms with Crippen LogP contribution < -0.4 is 5.32 Å². The molecule has 0 bridgehead atoms. The Hall–Kier alpha value is -2.48. The van der Waals surface area contributed by atoms with E-state index in [1.165, 1.54) is 0 Å². The summed E-state index contributed by atoms with van der Waals surface area (Å²) in [6.45, 7) is 3.82. The Morgan fingerprint density at radius 1 is 1.26 bits per heavy atom. The fraction of sp³-hybridized carbons (Fsp3) is 0.364. The third kappa shape index (κ3) is 5.42. The number of aromatic nitrogens is 3. The minimum atomic E-state index is -0.196. The van der Waals surface area contributed by atoms with Crippen LogP contribution in [-0.4, -0.2) is 45.6 Å². The van der Waals surface area contributed by atoms with E-state index in [1.807, 2.05) is 31.2 Å². The molecule has 0 saturated carbocycles. The lowest BCUT2D eigenvalue weighted by Crippen LogP contribution is -2.41. The number of carbonyl (C=O) groups excluding carboxylic acids is 1. The van der Waals surface area contributed by atoms with E-state index < -0.39 is 0 Å². The van der Waals surface area contributed by atoms with Gasteiger partial charge in [-0.3, -0.25) is 14.7 Å². The van der Waals surface area contributed by atoms with Crippen LogP contribution in [0.2, 0.25) is 10.0 Å². The largest absolute Gasteiger partial charge is 0.348 e. The Balaban J connectivity index is 1.27. The molecular formula is C22H23Cl2N5O2. The minimum absolute atomic E-state index is 0.0350. The van der Waals surface area contributed by atoms with Crippen LogP contribution in [0.3, 0.4) is 0 Å². The molecule has 0 aliphatic carbocycles. The van der Waals surface area contributed by atoms with Crippen molar-refractivity contribution in [2.45, 2.75) is 31.7 Å². The fourth-order valence-electron chi connectivity index (χ4n) is 3.76. The highest BCUT2D eigenvalue weighted by Crippen LogP contribution is 2.29. The molecule has 1 N–H and O–H groups in total. The fourth-order valence-corrected chi connectivity index (χ4v) is 4.33. The van der Waals surface area contributed by atoms with Gasteiger partial charge >= 0.3 is 0 Å². The topological polar surface area (TPSA) is 84.2 Å². The van der Waals surface area contributed by atoms with Crippen molar-refractivity contribution >= 4 is 29.1 Å². The Morgan fingerprint density at radius 2 is 2.06 bits per heavy atom. The number of amides is 1. The van der Waals surface area contributed by atoms with Crippen molar-refractivity contribution in [3.05, 3.63) is 64.1 Å². The molecule has 0 radical (unpaired) electrons. The molecule has 4 rings (SSSR count). The average Bonchev–Trinajstić information content (AvgIpc) is 3.25. The van der Waals surface area contributed by atoms with Gasteiger partial charge in [0.05, 0.1) is 12.6 Å². The van der Waals surface area contributed by atoms with Crippen LogP contribution in [0.4, 0.5) is 0 Å². The van der Waals surface area contributed by atoms with Gasteiger partial charge in [0, 0.05) is 22.2 Å². The molecule has 1 amide bonds. The summed E-state index contributed by atoms with van der Waals surface area (Å²) in [7, 11) is 0. The lowest BCUT2D eigenvalue weighted by molar-refractivity contribution is -0.123. The number of hydrogen-bond donors (Lipinski definition) is 1. The first-order valence-corrected chi connectivity index (χ1v) is 11.0. The number of hydrogen-bond acceptors (Lipinski definition) is 6. The summed E-state index contributed by atoms with van der Waals surface area (Å²) in [6, 6.07) is 10.7. The first-order valence-electron chi connectivity index (χ1n) is 10.2. The molecule has 3 heterocycles. The molecule has 1 unspecified atom stereocenters. The van der Waals surface area contributed by atoms with Gasteiger partial charge in [0.15, 0.2) is 0 Å². The zero-order chi connectivity index (χ0) is 21.8. The van der Waals surface area contributed by atoms with Crippen molar-refractivity contribution in [1.82, 2.24) is 25.3 Å². The number of likely N-dealkylation sites (tertiary alicyclic amines) is 1. The predicted molar refractivity (Wildman–Crippen MR) is 119 cm³/mol. The highest BCUT2D eigenvalue weighted by Gasteiger charge is 2.27. The second kappa shape index (κ2) is 9.77. The number of nitrogens with one attached hydrogen (secondary N) is 1. The summed E-state index contributed by atoms with van der Waals surface area (Å²) < 4.78 is 5.48. The van der Waals surface area contributed by atoms with Gasteiger partial charge in [-0.25, -0.2) is 0 Å². The quantitative estimate of drug-likeness (QED) is 0.584. The molecule has 3 aromatic rings. The molecule has 1 aromatic carbocycles. The van der Waals surface area contributed by atoms with E-state index >= 15 is 0 Å². The summed E-state index contributed by atoms with van der Waals surface area (Å²) in [5, 5.41) is 8.19. The van der Waals surface area contributed by atoms with Crippen LogP contribution in [0, 0.1) is 0 Å². The number of pyridine rings is 1. The third-order valence-corrected chi connectivity index (χ3v) is 6.01. The number of nitrogens with zero attached hydrogens (tertiary/aromatic N) is 4. The molecule has 162 valence electrons. The second-order valence-electron chi connectivity index (χ2n) is 7.68. The first-order chi connectivity index (χ1) is 15.0. The van der Waals surface area contributed by atoms with Gasteiger partial charge in [-0.1, -0.05) is 40.5 Å². The normalized spacial score (nSPS) is 16.2. The standard InChI is InChI=1S/C22H23Cl2N5O2/c1-14(17-6-5-16(23)12-18(17)24)26-20(30)13-29-10-7-15(8-11-29)22-27-21(28-31-22)19-4-2-3-9-25-19/h2-6,9,12,14-15H,7-8,10-11,13H2,1H3,(H,26,30). The van der Waals surface area contributed by atoms with Gasteiger partial charge in [-0.2, -0.15) is 4.98 Å². The van der Waals surface area contributed by atoms with Crippen LogP contribution in [-0.2, 0) is 4.79 Å². The molecular weight excluding hydrogens is 437 g/mol. The molecule has 1 aliphatic rings. The molecule has 9 heteroatoms. The number of halogens is 2. The highest BCUT2D eigenvalue weighted by molar-refractivity contribution is 6.35. The molecule has 2 aromatic heterocycles. The van der Waals surface area contributed by atoms with E-state index in [1.54, 1.807) is 18.3 Å². The van der Waals surface area contributed by atoms with E-state index in [0.29, 0.717) is 34.0 Å². The minimum Gasteiger partial charge on any atom is -0.348 e. The van der Waals surface area contributed by atoms with E-state index in [2.05, 4.69) is 25.3 Å². The summed E-state index contributed by atoms with van der Waals surface area (Å²) in [5.74, 6) is 1.30. The Morgan fingerprint density at radius 3 is 2.77 bits per heavy atom. The molecule has 1 atom stereocenters. The first kappa shape index (κ1) is 21.7. The zero-order valence-electron chi connectivity index (χ0n) is 17.1. The molecule has 7 nitrogen and oxygen atoms in total. The SMILES string of the molecule is CC(NC(=O)CN1CCC(c2nc(-c3ccccn3)no2)CC1)c1ccc(Cl)cc1Cl. The average molecular weight is 460 g/mol. The molecule has 31 heavy (non-hydrogen) atoms. The number of rotatable bonds is 6. The van der Waals surface area contributed by atoms with Crippen LogP contribution in [0.25, 0.3) is 11.5 Å². The maximum atomic E-state index is 12.5. The van der Waals surface area contributed by atoms with Gasteiger partial charge < -0.3 is 9.84 Å².